The van der Waals surface area contributed by atoms with Crippen molar-refractivity contribution in [1.82, 2.24) is 0 Å². The van der Waals surface area contributed by atoms with Crippen molar-refractivity contribution in [3.05, 3.63) is 57.3 Å². The van der Waals surface area contributed by atoms with Gasteiger partial charge < -0.3 is 0 Å². The molecule has 18 heavy (non-hydrogen) atoms. The predicted octanol–water partition coefficient (Wildman–Crippen LogP) is 5.88. The van der Waals surface area contributed by atoms with E-state index >= 15 is 0 Å². The lowest BCUT2D eigenvalue weighted by molar-refractivity contribution is 0.795. The molecule has 0 aliphatic rings. The number of benzene rings is 1. The van der Waals surface area contributed by atoms with Crippen molar-refractivity contribution in [1.29, 1.82) is 0 Å². The van der Waals surface area contributed by atoms with Crippen molar-refractivity contribution < 1.29 is 0 Å². The third kappa shape index (κ3) is 3.24. The summed E-state index contributed by atoms with van der Waals surface area (Å²) in [5.74, 6) is 0. The molecule has 1 heterocycles. The summed E-state index contributed by atoms with van der Waals surface area (Å²) in [4.78, 5) is 1.74. The summed E-state index contributed by atoms with van der Waals surface area (Å²) in [6.45, 7) is 4.41. The van der Waals surface area contributed by atoms with Crippen LogP contribution in [0.4, 0.5) is 0 Å². The van der Waals surface area contributed by atoms with Crippen LogP contribution in [0.2, 0.25) is 0 Å². The van der Waals surface area contributed by atoms with Crippen molar-refractivity contribution in [2.24, 2.45) is 0 Å². The lowest BCUT2D eigenvalue weighted by atomic mass is 10.0. The van der Waals surface area contributed by atoms with Gasteiger partial charge in [-0.3, -0.25) is 0 Å². The summed E-state index contributed by atoms with van der Waals surface area (Å²) in [6, 6.07) is 11.2. The molecule has 0 aliphatic carbocycles. The highest BCUT2D eigenvalue weighted by Gasteiger charge is 2.13. The van der Waals surface area contributed by atoms with E-state index in [1.807, 2.05) is 11.3 Å². The van der Waals surface area contributed by atoms with Crippen LogP contribution < -0.4 is 0 Å². The van der Waals surface area contributed by atoms with Crippen molar-refractivity contribution in [3.8, 4) is 0 Å². The minimum atomic E-state index is 0.331. The SMILES string of the molecule is CCCCc1ccc(C(Br)c2sccc2C)cc1. The molecule has 2 heteroatoms. The fourth-order valence-electron chi connectivity index (χ4n) is 2.03. The van der Waals surface area contributed by atoms with Crippen LogP contribution in [-0.4, -0.2) is 0 Å². The van der Waals surface area contributed by atoms with Gasteiger partial charge in [0.25, 0.3) is 0 Å². The highest BCUT2D eigenvalue weighted by molar-refractivity contribution is 9.09. The van der Waals surface area contributed by atoms with Crippen molar-refractivity contribution in [2.45, 2.75) is 37.9 Å². The average Bonchev–Trinajstić information content (AvgIpc) is 2.82. The van der Waals surface area contributed by atoms with Gasteiger partial charge in [0.15, 0.2) is 0 Å². The summed E-state index contributed by atoms with van der Waals surface area (Å²) < 4.78 is 0. The molecular weight excluding hydrogens is 304 g/mol. The third-order valence-corrected chi connectivity index (χ3v) is 5.60. The third-order valence-electron chi connectivity index (χ3n) is 3.22. The number of hydrogen-bond acceptors (Lipinski definition) is 1. The van der Waals surface area contributed by atoms with Crippen molar-refractivity contribution >= 4 is 27.3 Å². The van der Waals surface area contributed by atoms with Crippen LogP contribution in [0, 0.1) is 6.92 Å². The number of alkyl halides is 1. The highest BCUT2D eigenvalue weighted by Crippen LogP contribution is 2.36. The van der Waals surface area contributed by atoms with E-state index in [4.69, 9.17) is 0 Å². The van der Waals surface area contributed by atoms with Crippen LogP contribution in [0.3, 0.4) is 0 Å². The van der Waals surface area contributed by atoms with Gasteiger partial charge in [-0.25, -0.2) is 0 Å². The van der Waals surface area contributed by atoms with Crippen LogP contribution in [0.5, 0.6) is 0 Å². The number of aryl methyl sites for hydroxylation is 2. The second kappa shape index (κ2) is 6.53. The topological polar surface area (TPSA) is 0 Å². The molecule has 96 valence electrons. The Morgan fingerprint density at radius 1 is 1.17 bits per heavy atom. The van der Waals surface area contributed by atoms with Crippen molar-refractivity contribution in [2.75, 3.05) is 0 Å². The maximum atomic E-state index is 3.81. The van der Waals surface area contributed by atoms with E-state index in [1.165, 1.54) is 40.8 Å². The van der Waals surface area contributed by atoms with Gasteiger partial charge in [0, 0.05) is 4.88 Å². The van der Waals surface area contributed by atoms with Gasteiger partial charge in [-0.1, -0.05) is 53.5 Å². The molecule has 0 saturated heterocycles. The first-order chi connectivity index (χ1) is 8.72. The first-order valence-corrected chi connectivity index (χ1v) is 8.28. The quantitative estimate of drug-likeness (QED) is 0.602. The molecule has 0 spiro atoms. The summed E-state index contributed by atoms with van der Waals surface area (Å²) in [5.41, 5.74) is 4.17. The van der Waals surface area contributed by atoms with Gasteiger partial charge in [-0.2, -0.15) is 0 Å². The first kappa shape index (κ1) is 13.8. The van der Waals surface area contributed by atoms with Crippen LogP contribution in [-0.2, 0) is 6.42 Å². The minimum Gasteiger partial charge on any atom is -0.147 e. The zero-order valence-electron chi connectivity index (χ0n) is 10.9. The molecule has 1 aromatic heterocycles. The van der Waals surface area contributed by atoms with E-state index in [0.717, 1.165) is 0 Å². The Balaban J connectivity index is 2.12. The monoisotopic (exact) mass is 322 g/mol. The first-order valence-electron chi connectivity index (χ1n) is 6.49. The molecule has 0 radical (unpaired) electrons. The van der Waals surface area contributed by atoms with Gasteiger partial charge in [0.2, 0.25) is 0 Å². The predicted molar refractivity (Wildman–Crippen MR) is 84.9 cm³/mol. The Morgan fingerprint density at radius 2 is 1.89 bits per heavy atom. The summed E-state index contributed by atoms with van der Waals surface area (Å²) >= 11 is 5.64. The van der Waals surface area contributed by atoms with E-state index in [-0.39, 0.29) is 0 Å². The van der Waals surface area contributed by atoms with Gasteiger partial charge in [-0.05, 0) is 47.9 Å². The van der Waals surface area contributed by atoms with E-state index < -0.39 is 0 Å². The molecule has 0 nitrogen and oxygen atoms in total. The maximum absolute atomic E-state index is 3.81. The van der Waals surface area contributed by atoms with Gasteiger partial charge in [0.1, 0.15) is 0 Å². The molecule has 0 N–H and O–H groups in total. The lowest BCUT2D eigenvalue weighted by Gasteiger charge is -2.10. The Morgan fingerprint density at radius 3 is 2.44 bits per heavy atom. The van der Waals surface area contributed by atoms with E-state index in [1.54, 1.807) is 0 Å². The number of thiophene rings is 1. The fourth-order valence-corrected chi connectivity index (χ4v) is 3.95. The second-order valence-corrected chi connectivity index (χ2v) is 6.54. The highest BCUT2D eigenvalue weighted by atomic mass is 79.9. The average molecular weight is 323 g/mol. The largest absolute Gasteiger partial charge is 0.147 e. The standard InChI is InChI=1S/C16H19BrS/c1-3-4-5-13-6-8-14(9-7-13)15(17)16-12(2)10-11-18-16/h6-11,15H,3-5H2,1-2H3. The molecule has 0 saturated carbocycles. The van der Waals surface area contributed by atoms with Crippen LogP contribution >= 0.6 is 27.3 Å². The molecule has 0 amide bonds. The number of halogens is 1. The van der Waals surface area contributed by atoms with E-state index in [0.29, 0.717) is 4.83 Å². The Labute approximate surface area is 122 Å². The molecule has 0 bridgehead atoms. The Kier molecular flexibility index (Phi) is 5.02. The molecule has 0 fully saturated rings. The number of unbranched alkanes of at least 4 members (excludes halogenated alkanes) is 1. The lowest BCUT2D eigenvalue weighted by Crippen LogP contribution is -1.93. The molecule has 0 aliphatic heterocycles. The van der Waals surface area contributed by atoms with Gasteiger partial charge >= 0.3 is 0 Å². The van der Waals surface area contributed by atoms with Gasteiger partial charge in [-0.15, -0.1) is 11.3 Å². The Hall–Kier alpha value is -0.600. The van der Waals surface area contributed by atoms with Crippen molar-refractivity contribution in [3.63, 3.8) is 0 Å². The zero-order valence-corrected chi connectivity index (χ0v) is 13.4. The molecule has 2 rings (SSSR count). The summed E-state index contributed by atoms with van der Waals surface area (Å²) in [6.07, 6.45) is 3.74. The summed E-state index contributed by atoms with van der Waals surface area (Å²) in [7, 11) is 0. The van der Waals surface area contributed by atoms with Crippen LogP contribution in [0.1, 0.15) is 46.2 Å². The maximum Gasteiger partial charge on any atom is 0.0740 e. The van der Waals surface area contributed by atoms with Crippen LogP contribution in [0.25, 0.3) is 0 Å². The number of rotatable bonds is 5. The smallest absolute Gasteiger partial charge is 0.0740 e. The Bertz CT molecular complexity index is 484. The number of hydrogen-bond donors (Lipinski definition) is 0. The molecule has 1 atom stereocenters. The molecule has 1 aromatic carbocycles. The van der Waals surface area contributed by atoms with E-state index in [2.05, 4.69) is 65.5 Å². The molecule has 2 aromatic rings. The van der Waals surface area contributed by atoms with E-state index in [9.17, 15) is 0 Å². The molecular formula is C16H19BrS. The normalized spacial score (nSPS) is 12.6. The second-order valence-electron chi connectivity index (χ2n) is 4.68. The molecule has 1 unspecified atom stereocenters. The van der Waals surface area contributed by atoms with Gasteiger partial charge in [0.05, 0.1) is 4.83 Å². The van der Waals surface area contributed by atoms with Crippen LogP contribution in [0.15, 0.2) is 35.7 Å². The summed E-state index contributed by atoms with van der Waals surface area (Å²) in [5, 5.41) is 2.16. The minimum absolute atomic E-state index is 0.331. The zero-order chi connectivity index (χ0) is 13.0. The fraction of sp³-hybridized carbons (Fsp3) is 0.375.